The number of carbonyl (C=O) groups excluding carboxylic acids is 1. The molecule has 0 saturated carbocycles. The molecule has 2 atom stereocenters. The molecule has 5 heteroatoms. The van der Waals surface area contributed by atoms with E-state index in [0.717, 1.165) is 38.3 Å². The molecular formula is C24H30FN3O. The van der Waals surface area contributed by atoms with E-state index < -0.39 is 0 Å². The van der Waals surface area contributed by atoms with Gasteiger partial charge in [-0.05, 0) is 37.1 Å². The first-order chi connectivity index (χ1) is 14.0. The average Bonchev–Trinajstić information content (AvgIpc) is 2.75. The van der Waals surface area contributed by atoms with Crippen molar-refractivity contribution in [2.24, 2.45) is 0 Å². The predicted molar refractivity (Wildman–Crippen MR) is 116 cm³/mol. The number of halogens is 1. The summed E-state index contributed by atoms with van der Waals surface area (Å²) in [5.74, 6) is -0.253. The lowest BCUT2D eigenvalue weighted by atomic mass is 10.1. The number of piperazine rings is 1. The van der Waals surface area contributed by atoms with E-state index >= 15 is 0 Å². The first-order valence-corrected chi connectivity index (χ1v) is 10.3. The van der Waals surface area contributed by atoms with Crippen molar-refractivity contribution in [2.75, 3.05) is 32.7 Å². The van der Waals surface area contributed by atoms with Gasteiger partial charge in [0, 0.05) is 32.7 Å². The standard InChI is InChI=1S/C24H30FN3O/c1-19(22-10-12-23(25)13-11-22)26-24(29)20(2)28-17-15-27(16-18-28)14-6-9-21-7-4-3-5-8-21/h3-13,19-20H,14-18H2,1-2H3,(H,26,29)/b9-6+. The summed E-state index contributed by atoms with van der Waals surface area (Å²) in [6, 6.07) is 16.3. The van der Waals surface area contributed by atoms with Gasteiger partial charge in [-0.25, -0.2) is 4.39 Å². The molecule has 1 aliphatic rings. The van der Waals surface area contributed by atoms with Gasteiger partial charge in [0.1, 0.15) is 5.82 Å². The maximum Gasteiger partial charge on any atom is 0.237 e. The Morgan fingerprint density at radius 2 is 1.69 bits per heavy atom. The van der Waals surface area contributed by atoms with E-state index in [9.17, 15) is 9.18 Å². The predicted octanol–water partition coefficient (Wildman–Crippen LogP) is 3.72. The summed E-state index contributed by atoms with van der Waals surface area (Å²) in [5.41, 5.74) is 2.12. The number of rotatable bonds is 7. The lowest BCUT2D eigenvalue weighted by Gasteiger charge is -2.37. The number of nitrogens with zero attached hydrogens (tertiary/aromatic N) is 2. The molecule has 4 nitrogen and oxygen atoms in total. The zero-order valence-corrected chi connectivity index (χ0v) is 17.2. The smallest absolute Gasteiger partial charge is 0.237 e. The van der Waals surface area contributed by atoms with Crippen LogP contribution in [0.15, 0.2) is 60.7 Å². The van der Waals surface area contributed by atoms with Gasteiger partial charge in [0.25, 0.3) is 0 Å². The van der Waals surface area contributed by atoms with Crippen LogP contribution in [0.3, 0.4) is 0 Å². The fraction of sp³-hybridized carbons (Fsp3) is 0.375. The second-order valence-corrected chi connectivity index (χ2v) is 7.61. The molecule has 1 amide bonds. The molecule has 0 aromatic heterocycles. The molecule has 29 heavy (non-hydrogen) atoms. The number of amides is 1. The fourth-order valence-electron chi connectivity index (χ4n) is 3.57. The monoisotopic (exact) mass is 395 g/mol. The molecule has 0 aliphatic carbocycles. The summed E-state index contributed by atoms with van der Waals surface area (Å²) in [5, 5.41) is 3.05. The lowest BCUT2D eigenvalue weighted by Crippen LogP contribution is -2.54. The van der Waals surface area contributed by atoms with Crippen LogP contribution in [-0.2, 0) is 4.79 Å². The molecule has 2 aromatic rings. The largest absolute Gasteiger partial charge is 0.348 e. The second-order valence-electron chi connectivity index (χ2n) is 7.61. The molecule has 1 fully saturated rings. The van der Waals surface area contributed by atoms with Crippen LogP contribution in [0.5, 0.6) is 0 Å². The Morgan fingerprint density at radius 3 is 2.34 bits per heavy atom. The van der Waals surface area contributed by atoms with Crippen molar-refractivity contribution in [1.82, 2.24) is 15.1 Å². The Morgan fingerprint density at radius 1 is 1.03 bits per heavy atom. The zero-order valence-electron chi connectivity index (χ0n) is 17.2. The molecule has 2 aromatic carbocycles. The van der Waals surface area contributed by atoms with Crippen LogP contribution >= 0.6 is 0 Å². The number of nitrogens with one attached hydrogen (secondary N) is 1. The summed E-state index contributed by atoms with van der Waals surface area (Å²) in [6.07, 6.45) is 4.35. The van der Waals surface area contributed by atoms with Crippen molar-refractivity contribution < 1.29 is 9.18 Å². The van der Waals surface area contributed by atoms with Gasteiger partial charge in [-0.2, -0.15) is 0 Å². The third kappa shape index (κ3) is 6.24. The van der Waals surface area contributed by atoms with Crippen molar-refractivity contribution in [3.63, 3.8) is 0 Å². The maximum absolute atomic E-state index is 13.1. The van der Waals surface area contributed by atoms with Crippen LogP contribution in [0, 0.1) is 5.82 Å². The summed E-state index contributed by atoms with van der Waals surface area (Å²) in [4.78, 5) is 17.3. The first kappa shape index (κ1) is 21.2. The van der Waals surface area contributed by atoms with Crippen LogP contribution in [0.25, 0.3) is 6.08 Å². The molecular weight excluding hydrogens is 365 g/mol. The summed E-state index contributed by atoms with van der Waals surface area (Å²) >= 11 is 0. The highest BCUT2D eigenvalue weighted by atomic mass is 19.1. The molecule has 154 valence electrons. The molecule has 0 radical (unpaired) electrons. The van der Waals surface area contributed by atoms with E-state index in [1.165, 1.54) is 17.7 Å². The van der Waals surface area contributed by atoms with Crippen LogP contribution in [0.2, 0.25) is 0 Å². The molecule has 0 spiro atoms. The third-order valence-electron chi connectivity index (χ3n) is 5.54. The SMILES string of the molecule is CC(NC(=O)C(C)N1CCN(C/C=C/c2ccccc2)CC1)c1ccc(F)cc1. The van der Waals surface area contributed by atoms with Gasteiger partial charge in [0.15, 0.2) is 0 Å². The van der Waals surface area contributed by atoms with E-state index in [4.69, 9.17) is 0 Å². The van der Waals surface area contributed by atoms with E-state index in [1.807, 2.05) is 32.0 Å². The summed E-state index contributed by atoms with van der Waals surface area (Å²) < 4.78 is 13.1. The highest BCUT2D eigenvalue weighted by Crippen LogP contribution is 2.14. The number of carbonyl (C=O) groups is 1. The van der Waals surface area contributed by atoms with Gasteiger partial charge < -0.3 is 5.32 Å². The fourth-order valence-corrected chi connectivity index (χ4v) is 3.57. The van der Waals surface area contributed by atoms with E-state index in [2.05, 4.69) is 39.4 Å². The molecule has 1 saturated heterocycles. The first-order valence-electron chi connectivity index (χ1n) is 10.3. The Labute approximate surface area is 173 Å². The van der Waals surface area contributed by atoms with Crippen LogP contribution in [-0.4, -0.2) is 54.5 Å². The highest BCUT2D eigenvalue weighted by Gasteiger charge is 2.26. The number of benzene rings is 2. The molecule has 3 rings (SSSR count). The van der Waals surface area contributed by atoms with E-state index in [-0.39, 0.29) is 23.8 Å². The van der Waals surface area contributed by atoms with Crippen LogP contribution in [0.1, 0.15) is 31.0 Å². The Balaban J connectivity index is 1.43. The number of hydrogen-bond acceptors (Lipinski definition) is 3. The van der Waals surface area contributed by atoms with E-state index in [1.54, 1.807) is 12.1 Å². The van der Waals surface area contributed by atoms with Crippen molar-refractivity contribution in [2.45, 2.75) is 25.9 Å². The summed E-state index contributed by atoms with van der Waals surface area (Å²) in [6.45, 7) is 8.45. The lowest BCUT2D eigenvalue weighted by molar-refractivity contribution is -0.127. The van der Waals surface area contributed by atoms with Gasteiger partial charge in [-0.1, -0.05) is 54.6 Å². The minimum absolute atomic E-state index is 0.0132. The van der Waals surface area contributed by atoms with Gasteiger partial charge in [0.2, 0.25) is 5.91 Å². The van der Waals surface area contributed by atoms with Gasteiger partial charge in [0.05, 0.1) is 12.1 Å². The summed E-state index contributed by atoms with van der Waals surface area (Å²) in [7, 11) is 0. The van der Waals surface area contributed by atoms with Crippen molar-refractivity contribution in [3.05, 3.63) is 77.6 Å². The minimum Gasteiger partial charge on any atom is -0.348 e. The third-order valence-corrected chi connectivity index (χ3v) is 5.54. The molecule has 1 heterocycles. The van der Waals surface area contributed by atoms with Gasteiger partial charge in [-0.15, -0.1) is 0 Å². The Hall–Kier alpha value is -2.50. The Bertz CT molecular complexity index is 799. The minimum atomic E-state index is -0.267. The molecule has 2 unspecified atom stereocenters. The van der Waals surface area contributed by atoms with Crippen molar-refractivity contribution >= 4 is 12.0 Å². The highest BCUT2D eigenvalue weighted by molar-refractivity contribution is 5.81. The van der Waals surface area contributed by atoms with Crippen LogP contribution < -0.4 is 5.32 Å². The quantitative estimate of drug-likeness (QED) is 0.776. The van der Waals surface area contributed by atoms with Gasteiger partial charge >= 0.3 is 0 Å². The number of hydrogen-bond donors (Lipinski definition) is 1. The topological polar surface area (TPSA) is 35.6 Å². The second kappa shape index (κ2) is 10.3. The molecule has 1 N–H and O–H groups in total. The average molecular weight is 396 g/mol. The van der Waals surface area contributed by atoms with Crippen molar-refractivity contribution in [3.8, 4) is 0 Å². The van der Waals surface area contributed by atoms with E-state index in [0.29, 0.717) is 0 Å². The molecule has 1 aliphatic heterocycles. The molecule has 0 bridgehead atoms. The maximum atomic E-state index is 13.1. The van der Waals surface area contributed by atoms with Crippen LogP contribution in [0.4, 0.5) is 4.39 Å². The van der Waals surface area contributed by atoms with Crippen molar-refractivity contribution in [1.29, 1.82) is 0 Å². The normalized spacial score (nSPS) is 17.9. The zero-order chi connectivity index (χ0) is 20.6. The van der Waals surface area contributed by atoms with Gasteiger partial charge in [-0.3, -0.25) is 14.6 Å². The Kier molecular flexibility index (Phi) is 7.55.